The molecule has 0 aliphatic carbocycles. The molecule has 0 spiro atoms. The van der Waals surface area contributed by atoms with Gasteiger partial charge in [-0.15, -0.1) is 10.2 Å². The van der Waals surface area contributed by atoms with E-state index in [0.29, 0.717) is 12.4 Å². The molecule has 0 aliphatic heterocycles. The summed E-state index contributed by atoms with van der Waals surface area (Å²) in [4.78, 5) is 1.77. The molecule has 0 amide bonds. The first-order chi connectivity index (χ1) is 7.95. The summed E-state index contributed by atoms with van der Waals surface area (Å²) < 4.78 is 36.7. The predicted octanol–water partition coefficient (Wildman–Crippen LogP) is 1.54. The molecule has 0 atom stereocenters. The van der Waals surface area contributed by atoms with Crippen LogP contribution in [0.15, 0.2) is 12.1 Å². The zero-order valence-corrected chi connectivity index (χ0v) is 9.75. The molecule has 0 radical (unpaired) electrons. The van der Waals surface area contributed by atoms with Crippen LogP contribution in [0.3, 0.4) is 0 Å². The van der Waals surface area contributed by atoms with Gasteiger partial charge in [0.2, 0.25) is 0 Å². The summed E-state index contributed by atoms with van der Waals surface area (Å²) in [6.45, 7) is 1.55. The topological polar surface area (TPSA) is 41.0 Å². The number of anilines is 1. The van der Waals surface area contributed by atoms with Crippen LogP contribution in [0.1, 0.15) is 12.1 Å². The fourth-order valence-electron chi connectivity index (χ4n) is 1.29. The van der Waals surface area contributed by atoms with Gasteiger partial charge in [-0.05, 0) is 32.1 Å². The zero-order valence-electron chi connectivity index (χ0n) is 9.75. The molecule has 4 nitrogen and oxygen atoms in total. The van der Waals surface area contributed by atoms with E-state index in [0.717, 1.165) is 19.0 Å². The minimum Gasteiger partial charge on any atom is -0.358 e. The Morgan fingerprint density at radius 2 is 2.00 bits per heavy atom. The molecule has 0 saturated carbocycles. The van der Waals surface area contributed by atoms with E-state index in [1.54, 1.807) is 11.9 Å². The Morgan fingerprint density at radius 3 is 2.47 bits per heavy atom. The lowest BCUT2D eigenvalue weighted by molar-refractivity contribution is -0.141. The van der Waals surface area contributed by atoms with E-state index in [4.69, 9.17) is 0 Å². The van der Waals surface area contributed by atoms with Gasteiger partial charge in [0, 0.05) is 13.6 Å². The van der Waals surface area contributed by atoms with Gasteiger partial charge < -0.3 is 10.2 Å². The zero-order chi connectivity index (χ0) is 12.9. The van der Waals surface area contributed by atoms with E-state index in [1.165, 1.54) is 6.07 Å². The number of alkyl halides is 3. The molecule has 0 fully saturated rings. The van der Waals surface area contributed by atoms with Gasteiger partial charge in [-0.2, -0.15) is 13.2 Å². The molecule has 1 heterocycles. The first-order valence-corrected chi connectivity index (χ1v) is 5.22. The lowest BCUT2D eigenvalue weighted by Crippen LogP contribution is -2.23. The van der Waals surface area contributed by atoms with E-state index in [1.807, 2.05) is 7.05 Å². The largest absolute Gasteiger partial charge is 0.435 e. The maximum atomic E-state index is 12.2. The molecule has 1 rings (SSSR count). The van der Waals surface area contributed by atoms with Gasteiger partial charge in [-0.25, -0.2) is 0 Å². The number of hydrogen-bond acceptors (Lipinski definition) is 4. The summed E-state index contributed by atoms with van der Waals surface area (Å²) in [6, 6.07) is 2.27. The van der Waals surface area contributed by atoms with Gasteiger partial charge in [0.05, 0.1) is 0 Å². The smallest absolute Gasteiger partial charge is 0.358 e. The summed E-state index contributed by atoms with van der Waals surface area (Å²) in [6.07, 6.45) is -3.55. The molecular weight excluding hydrogens is 233 g/mol. The number of nitrogens with one attached hydrogen (secondary N) is 1. The van der Waals surface area contributed by atoms with E-state index in [9.17, 15) is 13.2 Å². The third-order valence-electron chi connectivity index (χ3n) is 2.25. The molecular formula is C10H15F3N4. The Hall–Kier alpha value is -1.37. The molecule has 0 bridgehead atoms. The number of nitrogens with zero attached hydrogens (tertiary/aromatic N) is 3. The summed E-state index contributed by atoms with van der Waals surface area (Å²) in [5.41, 5.74) is -0.968. The Bertz CT molecular complexity index is 336. The normalized spacial score (nSPS) is 11.6. The molecule has 96 valence electrons. The maximum absolute atomic E-state index is 12.2. The molecule has 0 saturated heterocycles. The van der Waals surface area contributed by atoms with Gasteiger partial charge in [0.25, 0.3) is 0 Å². The fraction of sp³-hybridized carbons (Fsp3) is 0.600. The van der Waals surface area contributed by atoms with Crippen LogP contribution in [0, 0.1) is 0 Å². The number of hydrogen-bond donors (Lipinski definition) is 1. The second-order valence-electron chi connectivity index (χ2n) is 3.65. The van der Waals surface area contributed by atoms with Gasteiger partial charge in [0.15, 0.2) is 11.5 Å². The first kappa shape index (κ1) is 13.7. The van der Waals surface area contributed by atoms with Crippen molar-refractivity contribution in [1.82, 2.24) is 15.5 Å². The SMILES string of the molecule is CNCCCN(C)c1ccc(C(F)(F)F)nn1. The summed E-state index contributed by atoms with van der Waals surface area (Å²) >= 11 is 0. The van der Waals surface area contributed by atoms with Crippen molar-refractivity contribution >= 4 is 5.82 Å². The predicted molar refractivity (Wildman–Crippen MR) is 58.8 cm³/mol. The summed E-state index contributed by atoms with van der Waals surface area (Å²) in [7, 11) is 3.62. The number of halogens is 3. The molecule has 1 aromatic rings. The Labute approximate surface area is 97.8 Å². The standard InChI is InChI=1S/C10H15F3N4/c1-14-6-3-7-17(2)9-5-4-8(15-16-9)10(11,12)13/h4-5,14H,3,6-7H2,1-2H3. The monoisotopic (exact) mass is 248 g/mol. The first-order valence-electron chi connectivity index (χ1n) is 5.22. The molecule has 1 N–H and O–H groups in total. The third-order valence-corrected chi connectivity index (χ3v) is 2.25. The van der Waals surface area contributed by atoms with E-state index >= 15 is 0 Å². The van der Waals surface area contributed by atoms with Crippen LogP contribution in [0.2, 0.25) is 0 Å². The highest BCUT2D eigenvalue weighted by molar-refractivity contribution is 5.36. The Morgan fingerprint density at radius 1 is 1.29 bits per heavy atom. The van der Waals surface area contributed by atoms with Crippen LogP contribution in [-0.2, 0) is 6.18 Å². The van der Waals surface area contributed by atoms with Crippen LogP contribution in [0.5, 0.6) is 0 Å². The van der Waals surface area contributed by atoms with Crippen LogP contribution < -0.4 is 10.2 Å². The lowest BCUT2D eigenvalue weighted by Gasteiger charge is -2.17. The summed E-state index contributed by atoms with van der Waals surface area (Å²) in [5, 5.41) is 9.72. The summed E-state index contributed by atoms with van der Waals surface area (Å²) in [5.74, 6) is 0.439. The maximum Gasteiger partial charge on any atom is 0.435 e. The quantitative estimate of drug-likeness (QED) is 0.802. The molecule has 7 heteroatoms. The highest BCUT2D eigenvalue weighted by atomic mass is 19.4. The fourth-order valence-corrected chi connectivity index (χ4v) is 1.29. The Kier molecular flexibility index (Phi) is 4.68. The van der Waals surface area contributed by atoms with Crippen molar-refractivity contribution in [3.8, 4) is 0 Å². The van der Waals surface area contributed by atoms with Crippen molar-refractivity contribution < 1.29 is 13.2 Å². The van der Waals surface area contributed by atoms with Gasteiger partial charge in [-0.1, -0.05) is 0 Å². The molecule has 0 unspecified atom stereocenters. The minimum absolute atomic E-state index is 0.439. The van der Waals surface area contributed by atoms with Crippen molar-refractivity contribution in [2.24, 2.45) is 0 Å². The highest BCUT2D eigenvalue weighted by Gasteiger charge is 2.32. The van der Waals surface area contributed by atoms with Gasteiger partial charge >= 0.3 is 6.18 Å². The van der Waals surface area contributed by atoms with Crippen molar-refractivity contribution in [3.63, 3.8) is 0 Å². The molecule has 0 aromatic carbocycles. The van der Waals surface area contributed by atoms with Gasteiger partial charge in [-0.3, -0.25) is 0 Å². The third kappa shape index (κ3) is 4.18. The molecule has 1 aromatic heterocycles. The molecule has 0 aliphatic rings. The number of rotatable bonds is 5. The average Bonchev–Trinajstić information content (AvgIpc) is 2.28. The van der Waals surface area contributed by atoms with Crippen LogP contribution in [0.4, 0.5) is 19.0 Å². The van der Waals surface area contributed by atoms with Crippen molar-refractivity contribution in [3.05, 3.63) is 17.8 Å². The van der Waals surface area contributed by atoms with E-state index in [-0.39, 0.29) is 0 Å². The van der Waals surface area contributed by atoms with E-state index in [2.05, 4.69) is 15.5 Å². The van der Waals surface area contributed by atoms with Crippen LogP contribution in [0.25, 0.3) is 0 Å². The Balaban J connectivity index is 2.61. The second-order valence-corrected chi connectivity index (χ2v) is 3.65. The average molecular weight is 248 g/mol. The number of aromatic nitrogens is 2. The van der Waals surface area contributed by atoms with Crippen LogP contribution >= 0.6 is 0 Å². The second kappa shape index (κ2) is 5.81. The van der Waals surface area contributed by atoms with Crippen molar-refractivity contribution in [2.75, 3.05) is 32.1 Å². The van der Waals surface area contributed by atoms with Crippen molar-refractivity contribution in [2.45, 2.75) is 12.6 Å². The van der Waals surface area contributed by atoms with Gasteiger partial charge in [0.1, 0.15) is 0 Å². The van der Waals surface area contributed by atoms with E-state index < -0.39 is 11.9 Å². The van der Waals surface area contributed by atoms with Crippen molar-refractivity contribution in [1.29, 1.82) is 0 Å². The molecule has 17 heavy (non-hydrogen) atoms. The highest BCUT2D eigenvalue weighted by Crippen LogP contribution is 2.27. The van der Waals surface area contributed by atoms with Crippen LogP contribution in [-0.4, -0.2) is 37.4 Å². The lowest BCUT2D eigenvalue weighted by atomic mass is 10.3. The minimum atomic E-state index is -4.43.